The molecule has 0 atom stereocenters. The molecule has 2 N–H and O–H groups in total. The Morgan fingerprint density at radius 1 is 1.44 bits per heavy atom. The molecule has 0 aliphatic heterocycles. The SMILES string of the molecule is N#Cc1cc(C(=O)Nc2ncc[nH]2)ccn1. The lowest BCUT2D eigenvalue weighted by Crippen LogP contribution is -2.13. The Morgan fingerprint density at radius 3 is 3.00 bits per heavy atom. The number of anilines is 1. The smallest absolute Gasteiger partial charge is 0.258 e. The van der Waals surface area contributed by atoms with Crippen LogP contribution in [0.4, 0.5) is 5.95 Å². The Morgan fingerprint density at radius 2 is 2.31 bits per heavy atom. The van der Waals surface area contributed by atoms with Crippen LogP contribution in [0.1, 0.15) is 16.1 Å². The van der Waals surface area contributed by atoms with Crippen molar-refractivity contribution in [2.24, 2.45) is 0 Å². The van der Waals surface area contributed by atoms with E-state index in [1.54, 1.807) is 6.20 Å². The first-order valence-electron chi connectivity index (χ1n) is 4.46. The maximum absolute atomic E-state index is 11.7. The number of nitriles is 1. The summed E-state index contributed by atoms with van der Waals surface area (Å²) in [4.78, 5) is 22.0. The minimum Gasteiger partial charge on any atom is -0.331 e. The number of pyridine rings is 1. The third-order valence-electron chi connectivity index (χ3n) is 1.87. The van der Waals surface area contributed by atoms with Crippen LogP contribution in [0.3, 0.4) is 0 Å². The average molecular weight is 213 g/mol. The second kappa shape index (κ2) is 4.23. The number of hydrogen-bond donors (Lipinski definition) is 2. The van der Waals surface area contributed by atoms with Crippen molar-refractivity contribution >= 4 is 11.9 Å². The highest BCUT2D eigenvalue weighted by molar-refractivity contribution is 6.03. The van der Waals surface area contributed by atoms with Gasteiger partial charge in [0.1, 0.15) is 11.8 Å². The monoisotopic (exact) mass is 213 g/mol. The van der Waals surface area contributed by atoms with Crippen molar-refractivity contribution in [1.82, 2.24) is 15.0 Å². The lowest BCUT2D eigenvalue weighted by atomic mass is 10.2. The van der Waals surface area contributed by atoms with Gasteiger partial charge in [0.2, 0.25) is 5.95 Å². The van der Waals surface area contributed by atoms with E-state index in [1.165, 1.54) is 24.5 Å². The van der Waals surface area contributed by atoms with Crippen LogP contribution < -0.4 is 5.32 Å². The number of rotatable bonds is 2. The third kappa shape index (κ3) is 2.04. The number of nitrogens with one attached hydrogen (secondary N) is 2. The van der Waals surface area contributed by atoms with Crippen molar-refractivity contribution in [3.63, 3.8) is 0 Å². The van der Waals surface area contributed by atoms with Crippen LogP contribution in [0.2, 0.25) is 0 Å². The van der Waals surface area contributed by atoms with Gasteiger partial charge in [-0.3, -0.25) is 10.1 Å². The van der Waals surface area contributed by atoms with E-state index in [4.69, 9.17) is 5.26 Å². The number of hydrogen-bond acceptors (Lipinski definition) is 4. The number of nitrogens with zero attached hydrogens (tertiary/aromatic N) is 3. The van der Waals surface area contributed by atoms with Gasteiger partial charge >= 0.3 is 0 Å². The standard InChI is InChI=1S/C10H7N5O/c11-6-8-5-7(1-2-12-8)9(16)15-10-13-3-4-14-10/h1-5H,(H2,13,14,15,16). The minimum atomic E-state index is -0.339. The van der Waals surface area contributed by atoms with Crippen LogP contribution in [0.15, 0.2) is 30.7 Å². The summed E-state index contributed by atoms with van der Waals surface area (Å²) in [7, 11) is 0. The molecule has 78 valence electrons. The van der Waals surface area contributed by atoms with E-state index in [2.05, 4.69) is 20.3 Å². The van der Waals surface area contributed by atoms with Crippen LogP contribution in [-0.2, 0) is 0 Å². The van der Waals surface area contributed by atoms with E-state index in [0.29, 0.717) is 11.5 Å². The minimum absolute atomic E-state index is 0.201. The molecule has 2 rings (SSSR count). The van der Waals surface area contributed by atoms with Crippen molar-refractivity contribution in [3.8, 4) is 6.07 Å². The molecule has 0 aromatic carbocycles. The molecule has 1 amide bonds. The summed E-state index contributed by atoms with van der Waals surface area (Å²) >= 11 is 0. The fraction of sp³-hybridized carbons (Fsp3) is 0. The van der Waals surface area contributed by atoms with Gasteiger partial charge in [0.15, 0.2) is 0 Å². The quantitative estimate of drug-likeness (QED) is 0.775. The second-order valence-corrected chi connectivity index (χ2v) is 2.93. The molecule has 0 aliphatic rings. The first-order chi connectivity index (χ1) is 7.79. The molecule has 2 aromatic heterocycles. The number of carbonyl (C=O) groups excluding carboxylic acids is 1. The highest BCUT2D eigenvalue weighted by Gasteiger charge is 2.07. The molecule has 16 heavy (non-hydrogen) atoms. The highest BCUT2D eigenvalue weighted by atomic mass is 16.1. The van der Waals surface area contributed by atoms with Crippen LogP contribution in [0, 0.1) is 11.3 Å². The Kier molecular flexibility index (Phi) is 2.61. The molecule has 0 aliphatic carbocycles. The molecule has 0 saturated carbocycles. The zero-order valence-corrected chi connectivity index (χ0v) is 8.14. The number of carbonyl (C=O) groups is 1. The maximum atomic E-state index is 11.7. The Bertz CT molecular complexity index is 541. The van der Waals surface area contributed by atoms with Gasteiger partial charge in [-0.05, 0) is 12.1 Å². The first-order valence-corrected chi connectivity index (χ1v) is 4.46. The number of aromatic nitrogens is 3. The fourth-order valence-corrected chi connectivity index (χ4v) is 1.15. The van der Waals surface area contributed by atoms with E-state index in [1.807, 2.05) is 6.07 Å². The summed E-state index contributed by atoms with van der Waals surface area (Å²) in [5.41, 5.74) is 0.565. The van der Waals surface area contributed by atoms with Crippen LogP contribution in [0.5, 0.6) is 0 Å². The maximum Gasteiger partial charge on any atom is 0.258 e. The summed E-state index contributed by atoms with van der Waals surface area (Å²) in [6, 6.07) is 4.81. The molecule has 0 fully saturated rings. The summed E-state index contributed by atoms with van der Waals surface area (Å²) in [6.45, 7) is 0. The number of H-pyrrole nitrogens is 1. The van der Waals surface area contributed by atoms with E-state index in [0.717, 1.165) is 0 Å². The van der Waals surface area contributed by atoms with E-state index < -0.39 is 0 Å². The molecule has 6 heteroatoms. The van der Waals surface area contributed by atoms with Gasteiger partial charge in [0.05, 0.1) is 0 Å². The van der Waals surface area contributed by atoms with Crippen LogP contribution >= 0.6 is 0 Å². The summed E-state index contributed by atoms with van der Waals surface area (Å²) < 4.78 is 0. The van der Waals surface area contributed by atoms with Crippen molar-refractivity contribution < 1.29 is 4.79 Å². The molecule has 0 saturated heterocycles. The largest absolute Gasteiger partial charge is 0.331 e. The molecular formula is C10H7N5O. The van der Waals surface area contributed by atoms with Crippen LogP contribution in [0.25, 0.3) is 0 Å². The van der Waals surface area contributed by atoms with Crippen molar-refractivity contribution in [2.45, 2.75) is 0 Å². The summed E-state index contributed by atoms with van der Waals surface area (Å²) in [5.74, 6) is 0.0224. The third-order valence-corrected chi connectivity index (χ3v) is 1.87. The van der Waals surface area contributed by atoms with E-state index in [-0.39, 0.29) is 11.6 Å². The van der Waals surface area contributed by atoms with Gasteiger partial charge in [0, 0.05) is 24.2 Å². The molecule has 2 aromatic rings. The number of amides is 1. The van der Waals surface area contributed by atoms with Crippen molar-refractivity contribution in [1.29, 1.82) is 5.26 Å². The Hall–Kier alpha value is -2.68. The topological polar surface area (TPSA) is 94.5 Å². The van der Waals surface area contributed by atoms with Crippen molar-refractivity contribution in [3.05, 3.63) is 42.0 Å². The van der Waals surface area contributed by atoms with Gasteiger partial charge < -0.3 is 4.98 Å². The summed E-state index contributed by atoms with van der Waals surface area (Å²) in [6.07, 6.45) is 4.54. The van der Waals surface area contributed by atoms with Gasteiger partial charge in [-0.1, -0.05) is 0 Å². The molecular weight excluding hydrogens is 206 g/mol. The molecule has 2 heterocycles. The van der Waals surface area contributed by atoms with Crippen molar-refractivity contribution in [2.75, 3.05) is 5.32 Å². The predicted octanol–water partition coefficient (Wildman–Crippen LogP) is 0.929. The lowest BCUT2D eigenvalue weighted by Gasteiger charge is -2.01. The Labute approximate surface area is 91.0 Å². The van der Waals surface area contributed by atoms with Gasteiger partial charge in [-0.25, -0.2) is 9.97 Å². The lowest BCUT2D eigenvalue weighted by molar-refractivity contribution is 0.102. The van der Waals surface area contributed by atoms with E-state index >= 15 is 0 Å². The Balaban J connectivity index is 2.18. The normalized spacial score (nSPS) is 9.44. The van der Waals surface area contributed by atoms with Gasteiger partial charge in [-0.15, -0.1) is 0 Å². The number of aromatic amines is 1. The molecule has 0 spiro atoms. The summed E-state index contributed by atoms with van der Waals surface area (Å²) in [5, 5.41) is 11.2. The molecule has 0 radical (unpaired) electrons. The second-order valence-electron chi connectivity index (χ2n) is 2.93. The average Bonchev–Trinajstić information content (AvgIpc) is 2.82. The zero-order valence-electron chi connectivity index (χ0n) is 8.14. The first kappa shape index (κ1) is 9.86. The molecule has 0 unspecified atom stereocenters. The predicted molar refractivity (Wildman–Crippen MR) is 55.5 cm³/mol. The molecule has 0 bridgehead atoms. The molecule has 6 nitrogen and oxygen atoms in total. The number of imidazole rings is 1. The van der Waals surface area contributed by atoms with Gasteiger partial charge in [0.25, 0.3) is 5.91 Å². The van der Waals surface area contributed by atoms with E-state index in [9.17, 15) is 4.79 Å². The fourth-order valence-electron chi connectivity index (χ4n) is 1.15. The van der Waals surface area contributed by atoms with Crippen LogP contribution in [-0.4, -0.2) is 20.9 Å². The van der Waals surface area contributed by atoms with Gasteiger partial charge in [-0.2, -0.15) is 5.26 Å². The highest BCUT2D eigenvalue weighted by Crippen LogP contribution is 2.04. The zero-order chi connectivity index (χ0) is 11.4.